The summed E-state index contributed by atoms with van der Waals surface area (Å²) in [5.74, 6) is 0. The Hall–Kier alpha value is -11.8. The first kappa shape index (κ1) is 49.6. The predicted molar refractivity (Wildman–Crippen MR) is 369 cm³/mol. The van der Waals surface area contributed by atoms with Crippen LogP contribution in [0.3, 0.4) is 0 Å². The Labute approximate surface area is 507 Å². The molecule has 0 atom stereocenters. The molecule has 5 heterocycles. The summed E-state index contributed by atoms with van der Waals surface area (Å²) < 4.78 is 9.75. The van der Waals surface area contributed by atoms with Crippen LogP contribution in [0.1, 0.15) is 0 Å². The van der Waals surface area contributed by atoms with Crippen molar-refractivity contribution in [1.29, 1.82) is 0 Å². The van der Waals surface area contributed by atoms with E-state index in [0.29, 0.717) is 0 Å². The second kappa shape index (κ2) is 19.9. The zero-order chi connectivity index (χ0) is 57.8. The quantitative estimate of drug-likeness (QED) is 0.142. The summed E-state index contributed by atoms with van der Waals surface area (Å²) in [7, 11) is 0. The van der Waals surface area contributed by atoms with E-state index >= 15 is 0 Å². The molecule has 88 heavy (non-hydrogen) atoms. The largest absolute Gasteiger partial charge is 0.309 e. The van der Waals surface area contributed by atoms with Crippen molar-refractivity contribution in [1.82, 2.24) is 23.3 Å². The van der Waals surface area contributed by atoms with Crippen molar-refractivity contribution in [2.24, 2.45) is 0 Å². The van der Waals surface area contributed by atoms with Gasteiger partial charge in [-0.3, -0.25) is 0 Å². The minimum absolute atomic E-state index is 0.872. The maximum absolute atomic E-state index is 5.82. The van der Waals surface area contributed by atoms with Crippen molar-refractivity contribution < 1.29 is 0 Å². The molecule has 18 aromatic rings. The number of pyridine rings is 1. The summed E-state index contributed by atoms with van der Waals surface area (Å²) >= 11 is 0. The van der Waals surface area contributed by atoms with E-state index < -0.39 is 0 Å². The lowest BCUT2D eigenvalue weighted by Gasteiger charge is -2.17. The first-order chi connectivity index (χ1) is 43.6. The van der Waals surface area contributed by atoms with Crippen molar-refractivity contribution >= 4 is 87.2 Å². The average Bonchev–Trinajstić information content (AvgIpc) is 2.07. The Bertz CT molecular complexity index is 5340. The Kier molecular flexibility index (Phi) is 11.2. The number of fused-ring (bicyclic) bond motifs is 12. The summed E-state index contributed by atoms with van der Waals surface area (Å²) in [5, 5.41) is 9.76. The van der Waals surface area contributed by atoms with Crippen LogP contribution >= 0.6 is 0 Å². The van der Waals surface area contributed by atoms with Gasteiger partial charge in [0.25, 0.3) is 0 Å². The van der Waals surface area contributed by atoms with Gasteiger partial charge in [-0.2, -0.15) is 0 Å². The summed E-state index contributed by atoms with van der Waals surface area (Å²) in [6, 6.07) is 118. The molecular formula is C83H53N5. The van der Waals surface area contributed by atoms with E-state index in [0.717, 1.165) is 112 Å². The molecule has 0 spiro atoms. The van der Waals surface area contributed by atoms with Crippen LogP contribution in [0.5, 0.6) is 0 Å². The van der Waals surface area contributed by atoms with Gasteiger partial charge < -0.3 is 18.3 Å². The van der Waals surface area contributed by atoms with E-state index in [4.69, 9.17) is 4.98 Å². The molecule has 0 aliphatic carbocycles. The van der Waals surface area contributed by atoms with Gasteiger partial charge in [0.1, 0.15) is 0 Å². The fourth-order valence-corrected chi connectivity index (χ4v) is 14.2. The minimum atomic E-state index is 0.872. The van der Waals surface area contributed by atoms with Gasteiger partial charge in [-0.25, -0.2) is 4.98 Å². The lowest BCUT2D eigenvalue weighted by atomic mass is 9.96. The second-order valence-electron chi connectivity index (χ2n) is 23.1. The number of para-hydroxylation sites is 8. The molecule has 0 saturated heterocycles. The molecule has 0 saturated carbocycles. The first-order valence-electron chi connectivity index (χ1n) is 30.2. The molecule has 0 fully saturated rings. The molecule has 5 heteroatoms. The minimum Gasteiger partial charge on any atom is -0.309 e. The SMILES string of the molecule is c1ccc(-c2ccc(-c3cc(-c4cccc(-c5cc(-n6c7ccccc7c7ccccc76)cc(-n6c7ccccc7c7ccccc76)c5)c4)nc(-c4cc(-n5c6ccccc6c6ccccc65)cc(-n5c6ccccc6c6ccccc65)c4)c3)cc2)cc1. The van der Waals surface area contributed by atoms with Crippen LogP contribution in [0.2, 0.25) is 0 Å². The first-order valence-corrected chi connectivity index (χ1v) is 30.2. The third-order valence-corrected chi connectivity index (χ3v) is 18.1. The summed E-state index contributed by atoms with van der Waals surface area (Å²) in [4.78, 5) is 5.82. The average molecular weight is 1120 g/mol. The van der Waals surface area contributed by atoms with Gasteiger partial charge >= 0.3 is 0 Å². The Morgan fingerprint density at radius 2 is 0.409 bits per heavy atom. The number of rotatable bonds is 9. The van der Waals surface area contributed by atoms with Crippen LogP contribution in [0, 0.1) is 0 Å². The fourth-order valence-electron chi connectivity index (χ4n) is 14.2. The van der Waals surface area contributed by atoms with E-state index in [9.17, 15) is 0 Å². The van der Waals surface area contributed by atoms with Crippen LogP contribution in [-0.2, 0) is 0 Å². The Morgan fingerprint density at radius 3 is 0.761 bits per heavy atom. The molecule has 5 aromatic heterocycles. The topological polar surface area (TPSA) is 32.6 Å². The van der Waals surface area contributed by atoms with Crippen LogP contribution in [0.25, 0.3) is 166 Å². The van der Waals surface area contributed by atoms with Gasteiger partial charge in [0.2, 0.25) is 0 Å². The monoisotopic (exact) mass is 1120 g/mol. The predicted octanol–water partition coefficient (Wildman–Crippen LogP) is 21.8. The van der Waals surface area contributed by atoms with Gasteiger partial charge in [-0.15, -0.1) is 0 Å². The van der Waals surface area contributed by atoms with Crippen LogP contribution in [0.15, 0.2) is 322 Å². The molecule has 18 rings (SSSR count). The molecule has 0 amide bonds. The fraction of sp³-hybridized carbons (Fsp3) is 0. The lowest BCUT2D eigenvalue weighted by molar-refractivity contribution is 1.13. The van der Waals surface area contributed by atoms with Gasteiger partial charge in [0, 0.05) is 77.0 Å². The van der Waals surface area contributed by atoms with E-state index in [1.54, 1.807) is 0 Å². The van der Waals surface area contributed by atoms with Gasteiger partial charge in [0.05, 0.1) is 55.5 Å². The highest BCUT2D eigenvalue weighted by Gasteiger charge is 2.22. The molecule has 0 aliphatic rings. The molecular weight excluding hydrogens is 1070 g/mol. The van der Waals surface area contributed by atoms with Crippen molar-refractivity contribution in [3.05, 3.63) is 322 Å². The standard InChI is InChI=1S/C83H53N5/c1-2-21-54(22-3-1)55-41-43-56(44-42-55)60-50-74(84-75(51-60)61-48-64(87-80-37-16-8-29-70(80)71-30-9-17-38-81(71)87)53-65(49-61)88-82-39-18-10-31-72(82)73-32-11-19-40-83(73)88)58-24-20-23-57(45-58)59-46-62(85-76-33-12-4-25-66(76)67-26-5-13-34-77(67)85)52-63(47-59)86-78-35-14-6-27-68(78)69-28-7-15-36-79(69)86/h1-53H. The summed E-state index contributed by atoms with van der Waals surface area (Å²) in [6.45, 7) is 0. The summed E-state index contributed by atoms with van der Waals surface area (Å²) in [6.07, 6.45) is 0. The Morgan fingerprint density at radius 1 is 0.159 bits per heavy atom. The second-order valence-corrected chi connectivity index (χ2v) is 23.1. The molecule has 410 valence electrons. The maximum atomic E-state index is 5.82. The molecule has 0 unspecified atom stereocenters. The third kappa shape index (κ3) is 7.91. The highest BCUT2D eigenvalue weighted by molar-refractivity contribution is 6.13. The summed E-state index contributed by atoms with van der Waals surface area (Å²) in [5.41, 5.74) is 24.0. The molecule has 0 radical (unpaired) electrons. The number of nitrogens with zero attached hydrogens (tertiary/aromatic N) is 5. The van der Waals surface area contributed by atoms with Gasteiger partial charge in [-0.05, 0) is 137 Å². The number of hydrogen-bond donors (Lipinski definition) is 0. The number of aromatic nitrogens is 5. The highest BCUT2D eigenvalue weighted by Crippen LogP contribution is 2.42. The van der Waals surface area contributed by atoms with E-state index in [1.165, 1.54) is 54.2 Å². The highest BCUT2D eigenvalue weighted by atomic mass is 15.0. The van der Waals surface area contributed by atoms with E-state index in [2.05, 4.69) is 340 Å². The van der Waals surface area contributed by atoms with Crippen molar-refractivity contribution in [2.75, 3.05) is 0 Å². The van der Waals surface area contributed by atoms with Crippen molar-refractivity contribution in [3.63, 3.8) is 0 Å². The van der Waals surface area contributed by atoms with Crippen LogP contribution in [0.4, 0.5) is 0 Å². The van der Waals surface area contributed by atoms with Gasteiger partial charge in [0.15, 0.2) is 0 Å². The van der Waals surface area contributed by atoms with Crippen molar-refractivity contribution in [2.45, 2.75) is 0 Å². The molecule has 0 N–H and O–H groups in total. The van der Waals surface area contributed by atoms with Crippen LogP contribution in [-0.4, -0.2) is 23.3 Å². The number of benzene rings is 13. The molecule has 5 nitrogen and oxygen atoms in total. The number of hydrogen-bond acceptors (Lipinski definition) is 1. The zero-order valence-electron chi connectivity index (χ0n) is 47.8. The normalized spacial score (nSPS) is 11.9. The van der Waals surface area contributed by atoms with Gasteiger partial charge in [-0.1, -0.05) is 218 Å². The van der Waals surface area contributed by atoms with Crippen LogP contribution < -0.4 is 0 Å². The molecule has 0 aliphatic heterocycles. The van der Waals surface area contributed by atoms with E-state index in [-0.39, 0.29) is 0 Å². The molecule has 13 aromatic carbocycles. The maximum Gasteiger partial charge on any atom is 0.0717 e. The van der Waals surface area contributed by atoms with Crippen molar-refractivity contribution in [3.8, 4) is 78.6 Å². The third-order valence-electron chi connectivity index (χ3n) is 18.1. The van der Waals surface area contributed by atoms with E-state index in [1.807, 2.05) is 0 Å². The molecule has 0 bridgehead atoms. The smallest absolute Gasteiger partial charge is 0.0717 e. The zero-order valence-corrected chi connectivity index (χ0v) is 47.8. The lowest BCUT2D eigenvalue weighted by Crippen LogP contribution is -2.01. The Balaban J connectivity index is 0.873.